The molecule has 0 fully saturated rings. The lowest BCUT2D eigenvalue weighted by Crippen LogP contribution is -2.01. The molecule has 1 aromatic carbocycles. The summed E-state index contributed by atoms with van der Waals surface area (Å²) in [7, 11) is 1.69. The summed E-state index contributed by atoms with van der Waals surface area (Å²) in [6, 6.07) is 6.20. The second-order valence-corrected chi connectivity index (χ2v) is 5.05. The second kappa shape index (κ2) is 5.97. The predicted octanol–water partition coefficient (Wildman–Crippen LogP) is 2.02. The Balaban J connectivity index is 2.22. The normalized spacial score (nSPS) is 10.8. The molecule has 6 heteroatoms. The van der Waals surface area contributed by atoms with Gasteiger partial charge in [-0.15, -0.1) is 5.10 Å². The van der Waals surface area contributed by atoms with Crippen molar-refractivity contribution in [2.75, 3.05) is 19.5 Å². The zero-order valence-electron chi connectivity index (χ0n) is 10.8. The molecule has 0 spiro atoms. The monoisotopic (exact) mass is 264 g/mol. The Hall–Kier alpha value is -1.40. The Bertz CT molecular complexity index is 527. The van der Waals surface area contributed by atoms with Crippen LogP contribution in [-0.2, 0) is 4.74 Å². The minimum atomic E-state index is 0.685. The number of benzene rings is 1. The van der Waals surface area contributed by atoms with Gasteiger partial charge in [-0.2, -0.15) is 4.68 Å². The van der Waals surface area contributed by atoms with E-state index in [2.05, 4.69) is 41.5 Å². The number of aromatic nitrogens is 4. The number of ether oxygens (including phenoxy) is 1. The number of rotatable bonds is 5. The van der Waals surface area contributed by atoms with Crippen molar-refractivity contribution in [1.29, 1.82) is 0 Å². The number of tetrazole rings is 1. The van der Waals surface area contributed by atoms with Crippen molar-refractivity contribution >= 4 is 11.8 Å². The average molecular weight is 264 g/mol. The second-order valence-electron chi connectivity index (χ2n) is 3.98. The van der Waals surface area contributed by atoms with E-state index in [-0.39, 0.29) is 0 Å². The highest BCUT2D eigenvalue weighted by atomic mass is 32.2. The third-order valence-electron chi connectivity index (χ3n) is 2.69. The highest BCUT2D eigenvalue weighted by molar-refractivity contribution is 7.99. The van der Waals surface area contributed by atoms with Gasteiger partial charge in [0.15, 0.2) is 0 Å². The van der Waals surface area contributed by atoms with Gasteiger partial charge in [0.2, 0.25) is 5.16 Å². The Morgan fingerprint density at radius 3 is 2.83 bits per heavy atom. The minimum Gasteiger partial charge on any atom is -0.384 e. The summed E-state index contributed by atoms with van der Waals surface area (Å²) in [5.41, 5.74) is 3.49. The molecule has 2 aromatic rings. The van der Waals surface area contributed by atoms with Crippen molar-refractivity contribution in [2.24, 2.45) is 0 Å². The van der Waals surface area contributed by atoms with Gasteiger partial charge >= 0.3 is 0 Å². The maximum Gasteiger partial charge on any atom is 0.214 e. The number of thioether (sulfide) groups is 1. The van der Waals surface area contributed by atoms with Gasteiger partial charge in [0, 0.05) is 12.9 Å². The number of methoxy groups -OCH3 is 1. The Morgan fingerprint density at radius 1 is 1.28 bits per heavy atom. The summed E-state index contributed by atoms with van der Waals surface area (Å²) in [6.45, 7) is 4.86. The SMILES string of the molecule is COCCSc1nnnn1-c1ccc(C)c(C)c1. The first-order chi connectivity index (χ1) is 8.72. The van der Waals surface area contributed by atoms with Crippen molar-refractivity contribution in [3.8, 4) is 5.69 Å². The van der Waals surface area contributed by atoms with Crippen LogP contribution in [0.4, 0.5) is 0 Å². The molecule has 0 amide bonds. The van der Waals surface area contributed by atoms with Gasteiger partial charge in [-0.1, -0.05) is 17.8 Å². The number of aryl methyl sites for hydroxylation is 2. The molecule has 96 valence electrons. The van der Waals surface area contributed by atoms with Crippen LogP contribution in [0, 0.1) is 13.8 Å². The van der Waals surface area contributed by atoms with Crippen molar-refractivity contribution in [2.45, 2.75) is 19.0 Å². The molecule has 1 heterocycles. The van der Waals surface area contributed by atoms with Gasteiger partial charge in [-0.05, 0) is 47.5 Å². The summed E-state index contributed by atoms with van der Waals surface area (Å²) >= 11 is 1.59. The quantitative estimate of drug-likeness (QED) is 0.611. The Kier molecular flexibility index (Phi) is 4.33. The van der Waals surface area contributed by atoms with E-state index in [0.29, 0.717) is 6.61 Å². The van der Waals surface area contributed by atoms with Gasteiger partial charge in [0.1, 0.15) is 0 Å². The Morgan fingerprint density at radius 2 is 2.11 bits per heavy atom. The van der Waals surface area contributed by atoms with Gasteiger partial charge in [0.05, 0.1) is 12.3 Å². The minimum absolute atomic E-state index is 0.685. The van der Waals surface area contributed by atoms with E-state index in [0.717, 1.165) is 16.6 Å². The number of hydrogen-bond acceptors (Lipinski definition) is 5. The molecule has 0 radical (unpaired) electrons. The summed E-state index contributed by atoms with van der Waals surface area (Å²) in [4.78, 5) is 0. The van der Waals surface area contributed by atoms with Gasteiger partial charge < -0.3 is 4.74 Å². The van der Waals surface area contributed by atoms with Crippen LogP contribution in [0.1, 0.15) is 11.1 Å². The summed E-state index contributed by atoms with van der Waals surface area (Å²) in [5.74, 6) is 0.835. The molecule has 0 N–H and O–H groups in total. The molecule has 0 aliphatic heterocycles. The van der Waals surface area contributed by atoms with E-state index in [9.17, 15) is 0 Å². The van der Waals surface area contributed by atoms with E-state index in [1.807, 2.05) is 6.07 Å². The molecule has 0 unspecified atom stereocenters. The van der Waals surface area contributed by atoms with Crippen molar-refractivity contribution in [3.05, 3.63) is 29.3 Å². The van der Waals surface area contributed by atoms with E-state index >= 15 is 0 Å². The molecule has 0 aliphatic rings. The van der Waals surface area contributed by atoms with Gasteiger partial charge in [0.25, 0.3) is 0 Å². The van der Waals surface area contributed by atoms with Crippen LogP contribution in [-0.4, -0.2) is 39.7 Å². The molecule has 18 heavy (non-hydrogen) atoms. The summed E-state index contributed by atoms with van der Waals surface area (Å²) in [6.07, 6.45) is 0. The molecule has 0 aliphatic carbocycles. The number of nitrogens with zero attached hydrogens (tertiary/aromatic N) is 4. The van der Waals surface area contributed by atoms with E-state index in [1.165, 1.54) is 11.1 Å². The molecule has 5 nitrogen and oxygen atoms in total. The third kappa shape index (κ3) is 2.88. The maximum absolute atomic E-state index is 5.02. The van der Waals surface area contributed by atoms with Crippen LogP contribution in [0.3, 0.4) is 0 Å². The topological polar surface area (TPSA) is 52.8 Å². The number of hydrogen-bond donors (Lipinski definition) is 0. The summed E-state index contributed by atoms with van der Waals surface area (Å²) < 4.78 is 6.78. The molecule has 0 saturated carbocycles. The van der Waals surface area contributed by atoms with Crippen molar-refractivity contribution in [3.63, 3.8) is 0 Å². The van der Waals surface area contributed by atoms with E-state index in [4.69, 9.17) is 4.74 Å². The first kappa shape index (κ1) is 13.0. The van der Waals surface area contributed by atoms with Gasteiger partial charge in [-0.25, -0.2) is 0 Å². The maximum atomic E-state index is 5.02. The predicted molar refractivity (Wildman–Crippen MR) is 71.2 cm³/mol. The smallest absolute Gasteiger partial charge is 0.214 e. The summed E-state index contributed by atoms with van der Waals surface area (Å²) in [5, 5.41) is 12.6. The van der Waals surface area contributed by atoms with Crippen LogP contribution in [0.15, 0.2) is 23.4 Å². The lowest BCUT2D eigenvalue weighted by molar-refractivity contribution is 0.218. The molecule has 0 bridgehead atoms. The van der Waals surface area contributed by atoms with Crippen LogP contribution >= 0.6 is 11.8 Å². The molecule has 0 saturated heterocycles. The van der Waals surface area contributed by atoms with E-state index in [1.54, 1.807) is 23.6 Å². The highest BCUT2D eigenvalue weighted by Crippen LogP contribution is 2.19. The van der Waals surface area contributed by atoms with Crippen LogP contribution in [0.2, 0.25) is 0 Å². The highest BCUT2D eigenvalue weighted by Gasteiger charge is 2.09. The fourth-order valence-electron chi connectivity index (χ4n) is 1.50. The molecule has 1 aromatic heterocycles. The first-order valence-electron chi connectivity index (χ1n) is 5.70. The molecule has 2 rings (SSSR count). The molecule has 0 atom stereocenters. The molecular formula is C12H16N4OS. The van der Waals surface area contributed by atoms with Crippen LogP contribution < -0.4 is 0 Å². The van der Waals surface area contributed by atoms with Crippen molar-refractivity contribution in [1.82, 2.24) is 20.2 Å². The van der Waals surface area contributed by atoms with Crippen molar-refractivity contribution < 1.29 is 4.74 Å². The van der Waals surface area contributed by atoms with E-state index < -0.39 is 0 Å². The van der Waals surface area contributed by atoms with Gasteiger partial charge in [-0.3, -0.25) is 0 Å². The average Bonchev–Trinajstić information content (AvgIpc) is 2.81. The molecular weight excluding hydrogens is 248 g/mol. The zero-order valence-corrected chi connectivity index (χ0v) is 11.6. The first-order valence-corrected chi connectivity index (χ1v) is 6.68. The lowest BCUT2D eigenvalue weighted by Gasteiger charge is -2.06. The zero-order chi connectivity index (χ0) is 13.0. The Labute approximate surface area is 111 Å². The fraction of sp³-hybridized carbons (Fsp3) is 0.417. The standard InChI is InChI=1S/C12H16N4OS/c1-9-4-5-11(8-10(9)2)16-12(13-14-15-16)18-7-6-17-3/h4-5,8H,6-7H2,1-3H3. The fourth-order valence-corrected chi connectivity index (χ4v) is 2.30. The van der Waals surface area contributed by atoms with Crippen LogP contribution in [0.5, 0.6) is 0 Å². The largest absolute Gasteiger partial charge is 0.384 e. The van der Waals surface area contributed by atoms with Crippen LogP contribution in [0.25, 0.3) is 5.69 Å². The lowest BCUT2D eigenvalue weighted by atomic mass is 10.1. The third-order valence-corrected chi connectivity index (χ3v) is 3.58.